The third-order valence-corrected chi connectivity index (χ3v) is 13.0. The van der Waals surface area contributed by atoms with Crippen molar-refractivity contribution in [3.05, 3.63) is 119 Å². The summed E-state index contributed by atoms with van der Waals surface area (Å²) in [6, 6.07) is 19.1. The van der Waals surface area contributed by atoms with Gasteiger partial charge in [0.1, 0.15) is 24.7 Å². The molecule has 0 N–H and O–H groups in total. The van der Waals surface area contributed by atoms with Crippen LogP contribution < -0.4 is 9.47 Å². The van der Waals surface area contributed by atoms with E-state index in [-0.39, 0.29) is 26.4 Å². The lowest BCUT2D eigenvalue weighted by molar-refractivity contribution is 0.0745. The zero-order valence-electron chi connectivity index (χ0n) is 34.7. The van der Waals surface area contributed by atoms with Gasteiger partial charge in [0.15, 0.2) is 35.2 Å². The molecule has 4 aromatic heterocycles. The number of ether oxygens (including phenoxy) is 4. The van der Waals surface area contributed by atoms with E-state index in [1.165, 1.54) is 51.4 Å². The van der Waals surface area contributed by atoms with Crippen LogP contribution in [0.15, 0.2) is 95.8 Å². The number of benzene rings is 2. The second-order valence-corrected chi connectivity index (χ2v) is 17.4. The third kappa shape index (κ3) is 11.1. The van der Waals surface area contributed by atoms with Crippen molar-refractivity contribution in [1.82, 2.24) is 39.5 Å². The van der Waals surface area contributed by atoms with Crippen LogP contribution in [0, 0.1) is 37.5 Å². The lowest BCUT2D eigenvalue weighted by Gasteiger charge is -2.13. The highest BCUT2D eigenvalue weighted by molar-refractivity contribution is 8.00. The summed E-state index contributed by atoms with van der Waals surface area (Å²) in [4.78, 5) is 20.8. The van der Waals surface area contributed by atoms with Crippen molar-refractivity contribution >= 4 is 29.7 Å². The van der Waals surface area contributed by atoms with E-state index in [1.54, 1.807) is 35.9 Å². The lowest BCUT2D eigenvalue weighted by atomic mass is 10.1. The van der Waals surface area contributed by atoms with E-state index in [4.69, 9.17) is 18.9 Å². The molecule has 2 aliphatic carbocycles. The first-order valence-corrected chi connectivity index (χ1v) is 22.5. The Labute approximate surface area is 369 Å². The van der Waals surface area contributed by atoms with Gasteiger partial charge in [-0.2, -0.15) is 0 Å². The third-order valence-electron chi connectivity index (χ3n) is 10.5. The van der Waals surface area contributed by atoms with Crippen LogP contribution in [0.4, 0.5) is 4.79 Å². The van der Waals surface area contributed by atoms with E-state index >= 15 is 0 Å². The molecule has 62 heavy (non-hydrogen) atoms. The molecular weight excluding hydrogens is 821 g/mol. The molecule has 2 saturated carbocycles. The number of thioether (sulfide) groups is 2. The average molecular weight is 867 g/mol. The summed E-state index contributed by atoms with van der Waals surface area (Å²) in [7, 11) is 0. The SMILES string of the molecule is Cc1cc(OCc2nnc(SC3CCCC3)n2-c2cccnc2)ccc1C#CCOC(=O)OCC#Cc1ccc(OCc2nnc(SC3CCCC3)n2-c2cccnc2)cc1C. The minimum absolute atomic E-state index is 0.130. The first-order chi connectivity index (χ1) is 30.5. The molecule has 4 heterocycles. The Hall–Kier alpha value is -6.29. The second kappa shape index (κ2) is 21.0. The highest BCUT2D eigenvalue weighted by atomic mass is 32.2. The Morgan fingerprint density at radius 3 is 1.50 bits per heavy atom. The number of hydrogen-bond donors (Lipinski definition) is 0. The fraction of sp³-hybridized carbons (Fsp3) is 0.340. The molecular formula is C47H46N8O5S2. The summed E-state index contributed by atoms with van der Waals surface area (Å²) in [5.74, 6) is 14.6. The predicted molar refractivity (Wildman–Crippen MR) is 237 cm³/mol. The number of carbonyl (C=O) groups is 1. The molecule has 6 aromatic rings. The van der Waals surface area contributed by atoms with Crippen molar-refractivity contribution in [1.29, 1.82) is 0 Å². The van der Waals surface area contributed by atoms with Crippen LogP contribution in [0.2, 0.25) is 0 Å². The van der Waals surface area contributed by atoms with Gasteiger partial charge in [0.2, 0.25) is 0 Å². The molecule has 2 fully saturated rings. The molecule has 2 aliphatic rings. The fourth-order valence-corrected chi connectivity index (χ4v) is 9.81. The highest BCUT2D eigenvalue weighted by Gasteiger charge is 2.24. The quantitative estimate of drug-likeness (QED) is 0.0760. The maximum Gasteiger partial charge on any atom is 0.510 e. The van der Waals surface area contributed by atoms with Gasteiger partial charge < -0.3 is 18.9 Å². The Morgan fingerprint density at radius 2 is 1.10 bits per heavy atom. The van der Waals surface area contributed by atoms with Crippen LogP contribution >= 0.6 is 23.5 Å². The molecule has 0 bridgehead atoms. The summed E-state index contributed by atoms with van der Waals surface area (Å²) in [5, 5.41) is 20.8. The molecule has 0 atom stereocenters. The first-order valence-electron chi connectivity index (χ1n) is 20.7. The van der Waals surface area contributed by atoms with Crippen molar-refractivity contribution in [3.63, 3.8) is 0 Å². The Balaban J connectivity index is 0.785. The van der Waals surface area contributed by atoms with Gasteiger partial charge in [0.05, 0.1) is 23.8 Å². The van der Waals surface area contributed by atoms with Gasteiger partial charge in [-0.1, -0.05) is 72.9 Å². The smallest absolute Gasteiger partial charge is 0.486 e. The van der Waals surface area contributed by atoms with E-state index in [9.17, 15) is 4.79 Å². The van der Waals surface area contributed by atoms with E-state index in [0.717, 1.165) is 43.9 Å². The molecule has 316 valence electrons. The van der Waals surface area contributed by atoms with Crippen LogP contribution in [-0.4, -0.2) is 69.4 Å². The molecule has 15 heteroatoms. The van der Waals surface area contributed by atoms with Crippen molar-refractivity contribution in [2.24, 2.45) is 0 Å². The van der Waals surface area contributed by atoms with Crippen LogP contribution in [-0.2, 0) is 22.7 Å². The van der Waals surface area contributed by atoms with Gasteiger partial charge in [0, 0.05) is 34.0 Å². The molecule has 2 aromatic carbocycles. The summed E-state index contributed by atoms with van der Waals surface area (Å²) in [6.07, 6.45) is 16.1. The zero-order chi connectivity index (χ0) is 42.5. The molecule has 13 nitrogen and oxygen atoms in total. The van der Waals surface area contributed by atoms with Crippen LogP contribution in [0.1, 0.15) is 85.3 Å². The summed E-state index contributed by atoms with van der Waals surface area (Å²) < 4.78 is 26.7. The number of carbonyl (C=O) groups excluding carboxylic acids is 1. The van der Waals surface area contributed by atoms with Crippen molar-refractivity contribution in [2.45, 2.75) is 99.2 Å². The fourth-order valence-electron chi connectivity index (χ4n) is 7.26. The van der Waals surface area contributed by atoms with Gasteiger partial charge in [-0.05, 0) is 111 Å². The summed E-state index contributed by atoms with van der Waals surface area (Å²) >= 11 is 3.55. The zero-order valence-corrected chi connectivity index (χ0v) is 36.3. The van der Waals surface area contributed by atoms with Crippen LogP contribution in [0.25, 0.3) is 11.4 Å². The van der Waals surface area contributed by atoms with Crippen LogP contribution in [0.5, 0.6) is 11.5 Å². The molecule has 0 spiro atoms. The van der Waals surface area contributed by atoms with Crippen molar-refractivity contribution < 1.29 is 23.7 Å². The van der Waals surface area contributed by atoms with E-state index < -0.39 is 6.16 Å². The maximum absolute atomic E-state index is 12.2. The molecule has 0 aliphatic heterocycles. The minimum Gasteiger partial charge on any atom is -0.486 e. The van der Waals surface area contributed by atoms with Crippen molar-refractivity contribution in [2.75, 3.05) is 13.2 Å². The summed E-state index contributed by atoms with van der Waals surface area (Å²) in [6.45, 7) is 4.11. The number of aromatic nitrogens is 8. The Kier molecular flexibility index (Phi) is 14.4. The summed E-state index contributed by atoms with van der Waals surface area (Å²) in [5.41, 5.74) is 5.22. The van der Waals surface area contributed by atoms with Crippen LogP contribution in [0.3, 0.4) is 0 Å². The second-order valence-electron chi connectivity index (χ2n) is 14.9. The molecule has 0 saturated heterocycles. The number of hydrogen-bond acceptors (Lipinski definition) is 13. The van der Waals surface area contributed by atoms with Gasteiger partial charge >= 0.3 is 6.16 Å². The van der Waals surface area contributed by atoms with E-state index in [0.29, 0.717) is 33.6 Å². The highest BCUT2D eigenvalue weighted by Crippen LogP contribution is 2.36. The maximum atomic E-state index is 12.2. The standard InChI is InChI=1S/C47H46N8O5S2/c1-33-27-39(59-31-43-50-52-45(61-41-15-3-4-16-41)54(43)37-13-7-23-48-29-37)21-19-35(33)11-9-25-57-47(56)58-26-10-12-36-20-22-40(28-34(36)2)60-32-44-51-53-46(62-42-17-5-6-18-42)55(44)38-14-8-24-49-30-38/h7-8,13-14,19-24,27-30,41-42H,3-6,15-18,25-26,31-32H2,1-2H3. The lowest BCUT2D eigenvalue weighted by Crippen LogP contribution is -2.08. The predicted octanol–water partition coefficient (Wildman–Crippen LogP) is 9.04. The number of pyridine rings is 2. The Bertz CT molecular complexity index is 2410. The Morgan fingerprint density at radius 1 is 0.645 bits per heavy atom. The molecule has 0 radical (unpaired) electrons. The largest absolute Gasteiger partial charge is 0.510 e. The number of aryl methyl sites for hydroxylation is 2. The van der Waals surface area contributed by atoms with Crippen molar-refractivity contribution in [3.8, 4) is 46.6 Å². The molecule has 8 rings (SSSR count). The normalized spacial score (nSPS) is 13.8. The average Bonchev–Trinajstić information content (AvgIpc) is 4.14. The number of rotatable bonds is 14. The van der Waals surface area contributed by atoms with E-state index in [2.05, 4.69) is 54.0 Å². The first kappa shape index (κ1) is 42.4. The number of nitrogens with zero attached hydrogens (tertiary/aromatic N) is 8. The minimum atomic E-state index is -0.845. The van der Waals surface area contributed by atoms with Gasteiger partial charge in [-0.25, -0.2) is 4.79 Å². The van der Waals surface area contributed by atoms with E-state index in [1.807, 2.05) is 96.0 Å². The van der Waals surface area contributed by atoms with Gasteiger partial charge in [-0.15, -0.1) is 20.4 Å². The molecule has 0 amide bonds. The molecule has 0 unspecified atom stereocenters. The van der Waals surface area contributed by atoms with Gasteiger partial charge in [-0.3, -0.25) is 19.1 Å². The van der Waals surface area contributed by atoms with Gasteiger partial charge in [0.25, 0.3) is 0 Å². The topological polar surface area (TPSA) is 141 Å². The monoisotopic (exact) mass is 866 g/mol.